The molecule has 6 nitrogen and oxygen atoms in total. The predicted molar refractivity (Wildman–Crippen MR) is 201 cm³/mol. The molecule has 0 aromatic rings. The van der Waals surface area contributed by atoms with Crippen molar-refractivity contribution in [3.05, 3.63) is 0 Å². The Morgan fingerprint density at radius 1 is 0.396 bits per heavy atom. The van der Waals surface area contributed by atoms with Gasteiger partial charge in [0.05, 0.1) is 0 Å². The summed E-state index contributed by atoms with van der Waals surface area (Å²) in [5, 5.41) is 0. The number of rotatable bonds is 36. The first-order chi connectivity index (χ1) is 23.2. The minimum atomic E-state index is -0.758. The number of carbonyl (C=O) groups excluding carboxylic acids is 3. The second kappa shape index (κ2) is 35.2. The van der Waals surface area contributed by atoms with Crippen molar-refractivity contribution in [3.8, 4) is 0 Å². The SMILES string of the molecule is CCCCCCCCCC(=O)OC[C@H](COC(=O)CCCCCCCCCCCC(C)C)OC(=O)CCCCCCCCCCC(C)C. The van der Waals surface area contributed by atoms with Crippen LogP contribution in [0.25, 0.3) is 0 Å². The molecule has 0 aromatic carbocycles. The fourth-order valence-corrected chi connectivity index (χ4v) is 6.05. The lowest BCUT2D eigenvalue weighted by atomic mass is 10.0. The maximum atomic E-state index is 12.6. The van der Waals surface area contributed by atoms with Gasteiger partial charge in [-0.05, 0) is 31.1 Å². The zero-order chi connectivity index (χ0) is 35.5. The largest absolute Gasteiger partial charge is 0.462 e. The minimum absolute atomic E-state index is 0.0666. The summed E-state index contributed by atoms with van der Waals surface area (Å²) < 4.78 is 16.6. The molecule has 0 saturated heterocycles. The van der Waals surface area contributed by atoms with Crippen LogP contribution in [0, 0.1) is 11.8 Å². The standard InChI is InChI=1S/C42H80O6/c1-6-7-8-9-15-22-27-32-40(43)46-35-39(48-42(45)34-29-24-19-14-13-17-21-26-31-38(4)5)36-47-41(44)33-28-23-18-12-10-11-16-20-25-30-37(2)3/h37-39H,6-36H2,1-5H3/t39-/m1/s1. The Kier molecular flexibility index (Phi) is 34.1. The molecule has 0 fully saturated rings. The van der Waals surface area contributed by atoms with Crippen LogP contribution in [0.2, 0.25) is 0 Å². The third kappa shape index (κ3) is 35.7. The van der Waals surface area contributed by atoms with Crippen molar-refractivity contribution in [2.24, 2.45) is 11.8 Å². The summed E-state index contributed by atoms with van der Waals surface area (Å²) in [5.74, 6) is 0.730. The van der Waals surface area contributed by atoms with Gasteiger partial charge in [-0.25, -0.2) is 0 Å². The first-order valence-electron chi connectivity index (χ1n) is 20.7. The second-order valence-electron chi connectivity index (χ2n) is 15.2. The summed E-state index contributed by atoms with van der Waals surface area (Å²) in [7, 11) is 0. The molecule has 0 N–H and O–H groups in total. The van der Waals surface area contributed by atoms with Crippen molar-refractivity contribution in [1.29, 1.82) is 0 Å². The van der Waals surface area contributed by atoms with Gasteiger partial charge in [-0.3, -0.25) is 14.4 Å². The quantitative estimate of drug-likeness (QED) is 0.0372. The Bertz CT molecular complexity index is 734. The molecule has 1 atom stereocenters. The van der Waals surface area contributed by atoms with Crippen LogP contribution in [-0.2, 0) is 28.6 Å². The van der Waals surface area contributed by atoms with Crippen LogP contribution in [-0.4, -0.2) is 37.2 Å². The van der Waals surface area contributed by atoms with Crippen LogP contribution >= 0.6 is 0 Å². The molecule has 48 heavy (non-hydrogen) atoms. The van der Waals surface area contributed by atoms with Crippen LogP contribution < -0.4 is 0 Å². The van der Waals surface area contributed by atoms with Crippen LogP contribution in [0.3, 0.4) is 0 Å². The van der Waals surface area contributed by atoms with E-state index in [1.54, 1.807) is 0 Å². The molecule has 0 saturated carbocycles. The predicted octanol–water partition coefficient (Wildman–Crippen LogP) is 12.6. The Morgan fingerprint density at radius 2 is 0.688 bits per heavy atom. The number of hydrogen-bond acceptors (Lipinski definition) is 6. The number of unbranched alkanes of at least 4 members (excludes halogenated alkanes) is 21. The molecule has 0 aliphatic heterocycles. The zero-order valence-electron chi connectivity index (χ0n) is 32.6. The highest BCUT2D eigenvalue weighted by molar-refractivity contribution is 5.71. The Morgan fingerprint density at radius 3 is 1.02 bits per heavy atom. The summed E-state index contributed by atoms with van der Waals surface area (Å²) in [6, 6.07) is 0. The van der Waals surface area contributed by atoms with Gasteiger partial charge in [0.15, 0.2) is 6.10 Å². The van der Waals surface area contributed by atoms with E-state index in [1.807, 2.05) is 0 Å². The number of hydrogen-bond donors (Lipinski definition) is 0. The zero-order valence-corrected chi connectivity index (χ0v) is 32.6. The summed E-state index contributed by atoms with van der Waals surface area (Å²) in [5.41, 5.74) is 0. The van der Waals surface area contributed by atoms with Gasteiger partial charge in [0.2, 0.25) is 0 Å². The van der Waals surface area contributed by atoms with Crippen molar-refractivity contribution in [2.75, 3.05) is 13.2 Å². The fraction of sp³-hybridized carbons (Fsp3) is 0.929. The molecule has 284 valence electrons. The van der Waals surface area contributed by atoms with Gasteiger partial charge < -0.3 is 14.2 Å². The summed E-state index contributed by atoms with van der Waals surface area (Å²) in [6.45, 7) is 11.2. The Hall–Kier alpha value is -1.59. The van der Waals surface area contributed by atoms with Crippen LogP contribution in [0.15, 0.2) is 0 Å². The summed E-state index contributed by atoms with van der Waals surface area (Å²) in [6.07, 6.45) is 31.0. The molecule has 0 heterocycles. The lowest BCUT2D eigenvalue weighted by molar-refractivity contribution is -0.167. The van der Waals surface area contributed by atoms with Gasteiger partial charge in [-0.15, -0.1) is 0 Å². The van der Waals surface area contributed by atoms with Gasteiger partial charge in [-0.1, -0.05) is 182 Å². The van der Waals surface area contributed by atoms with Crippen molar-refractivity contribution >= 4 is 17.9 Å². The first-order valence-corrected chi connectivity index (χ1v) is 20.7. The number of carbonyl (C=O) groups is 3. The van der Waals surface area contributed by atoms with E-state index >= 15 is 0 Å². The van der Waals surface area contributed by atoms with E-state index in [1.165, 1.54) is 109 Å². The monoisotopic (exact) mass is 681 g/mol. The van der Waals surface area contributed by atoms with Gasteiger partial charge in [0.1, 0.15) is 13.2 Å². The van der Waals surface area contributed by atoms with Crippen molar-refractivity contribution in [2.45, 2.75) is 227 Å². The molecule has 0 unspecified atom stereocenters. The van der Waals surface area contributed by atoms with E-state index in [0.717, 1.165) is 69.6 Å². The lowest BCUT2D eigenvalue weighted by Gasteiger charge is -2.18. The molecule has 0 amide bonds. The minimum Gasteiger partial charge on any atom is -0.462 e. The van der Waals surface area contributed by atoms with Crippen molar-refractivity contribution in [3.63, 3.8) is 0 Å². The highest BCUT2D eigenvalue weighted by Gasteiger charge is 2.19. The third-order valence-corrected chi connectivity index (χ3v) is 9.22. The van der Waals surface area contributed by atoms with Crippen LogP contribution in [0.4, 0.5) is 0 Å². The molecule has 0 bridgehead atoms. The van der Waals surface area contributed by atoms with E-state index in [0.29, 0.717) is 19.3 Å². The van der Waals surface area contributed by atoms with Crippen LogP contribution in [0.1, 0.15) is 221 Å². The van der Waals surface area contributed by atoms with E-state index in [2.05, 4.69) is 34.6 Å². The van der Waals surface area contributed by atoms with E-state index in [-0.39, 0.29) is 31.1 Å². The molecule has 0 aliphatic rings. The second-order valence-corrected chi connectivity index (χ2v) is 15.2. The Labute approximate surface area is 298 Å². The molecule has 0 rings (SSSR count). The third-order valence-electron chi connectivity index (χ3n) is 9.22. The highest BCUT2D eigenvalue weighted by atomic mass is 16.6. The fourth-order valence-electron chi connectivity index (χ4n) is 6.05. The lowest BCUT2D eigenvalue weighted by Crippen LogP contribution is -2.30. The molecular formula is C42H80O6. The maximum absolute atomic E-state index is 12.6. The summed E-state index contributed by atoms with van der Waals surface area (Å²) in [4.78, 5) is 37.4. The van der Waals surface area contributed by atoms with Gasteiger partial charge in [-0.2, -0.15) is 0 Å². The van der Waals surface area contributed by atoms with Gasteiger partial charge >= 0.3 is 17.9 Å². The molecular weight excluding hydrogens is 600 g/mol. The highest BCUT2D eigenvalue weighted by Crippen LogP contribution is 2.16. The first kappa shape index (κ1) is 46.4. The molecule has 0 spiro atoms. The molecule has 6 heteroatoms. The van der Waals surface area contributed by atoms with Gasteiger partial charge in [0, 0.05) is 19.3 Å². The summed E-state index contributed by atoms with van der Waals surface area (Å²) >= 11 is 0. The Balaban J connectivity index is 4.32. The van der Waals surface area contributed by atoms with Crippen molar-refractivity contribution < 1.29 is 28.6 Å². The average molecular weight is 681 g/mol. The maximum Gasteiger partial charge on any atom is 0.306 e. The van der Waals surface area contributed by atoms with E-state index in [9.17, 15) is 14.4 Å². The molecule has 0 aromatic heterocycles. The van der Waals surface area contributed by atoms with Crippen LogP contribution in [0.5, 0.6) is 0 Å². The smallest absolute Gasteiger partial charge is 0.306 e. The molecule has 0 aliphatic carbocycles. The average Bonchev–Trinajstić information content (AvgIpc) is 3.04. The van der Waals surface area contributed by atoms with E-state index in [4.69, 9.17) is 14.2 Å². The number of ether oxygens (including phenoxy) is 3. The molecule has 0 radical (unpaired) electrons. The van der Waals surface area contributed by atoms with E-state index < -0.39 is 6.10 Å². The number of esters is 3. The topological polar surface area (TPSA) is 78.9 Å². The normalized spacial score (nSPS) is 12.1. The van der Waals surface area contributed by atoms with Crippen molar-refractivity contribution in [1.82, 2.24) is 0 Å². The van der Waals surface area contributed by atoms with Gasteiger partial charge in [0.25, 0.3) is 0 Å².